The maximum atomic E-state index is 11.5. The molecule has 2 heterocycles. The Morgan fingerprint density at radius 3 is 2.86 bits per heavy atom. The number of nitrogens with zero attached hydrogens (tertiary/aromatic N) is 4. The number of aromatic nitrogens is 3. The first-order chi connectivity index (χ1) is 6.79. The SMILES string of the molecule is O=C(Cn1cc(CO)nn1)N1CCC1. The van der Waals surface area contributed by atoms with E-state index in [-0.39, 0.29) is 19.1 Å². The fourth-order valence-electron chi connectivity index (χ4n) is 1.29. The largest absolute Gasteiger partial charge is 0.390 e. The number of hydrogen-bond acceptors (Lipinski definition) is 4. The van der Waals surface area contributed by atoms with Crippen LogP contribution < -0.4 is 0 Å². The van der Waals surface area contributed by atoms with Crippen molar-refractivity contribution in [2.75, 3.05) is 13.1 Å². The van der Waals surface area contributed by atoms with Crippen molar-refractivity contribution < 1.29 is 9.90 Å². The lowest BCUT2D eigenvalue weighted by Gasteiger charge is -2.30. The maximum Gasteiger partial charge on any atom is 0.244 e. The molecule has 1 saturated heterocycles. The van der Waals surface area contributed by atoms with Gasteiger partial charge in [-0.1, -0.05) is 5.21 Å². The Kier molecular flexibility index (Phi) is 2.45. The van der Waals surface area contributed by atoms with Gasteiger partial charge < -0.3 is 10.0 Å². The number of aliphatic hydroxyl groups excluding tert-OH is 1. The molecule has 0 atom stereocenters. The molecule has 6 nitrogen and oxygen atoms in total. The second-order valence-electron chi connectivity index (χ2n) is 3.30. The number of amides is 1. The zero-order valence-corrected chi connectivity index (χ0v) is 7.76. The van der Waals surface area contributed by atoms with Gasteiger partial charge in [-0.2, -0.15) is 0 Å². The third-order valence-corrected chi connectivity index (χ3v) is 2.25. The van der Waals surface area contributed by atoms with Crippen LogP contribution in [0.2, 0.25) is 0 Å². The average Bonchev–Trinajstić information content (AvgIpc) is 2.48. The Hall–Kier alpha value is -1.43. The molecule has 6 heteroatoms. The summed E-state index contributed by atoms with van der Waals surface area (Å²) in [7, 11) is 0. The second kappa shape index (κ2) is 3.75. The molecule has 1 aromatic rings. The highest BCUT2D eigenvalue weighted by atomic mass is 16.3. The third-order valence-electron chi connectivity index (χ3n) is 2.25. The van der Waals surface area contributed by atoms with Crippen LogP contribution in [0.25, 0.3) is 0 Å². The highest BCUT2D eigenvalue weighted by Gasteiger charge is 2.20. The van der Waals surface area contributed by atoms with E-state index in [1.165, 1.54) is 4.68 Å². The zero-order chi connectivity index (χ0) is 9.97. The van der Waals surface area contributed by atoms with E-state index >= 15 is 0 Å². The van der Waals surface area contributed by atoms with Gasteiger partial charge >= 0.3 is 0 Å². The first kappa shape index (κ1) is 9.14. The monoisotopic (exact) mass is 196 g/mol. The minimum Gasteiger partial charge on any atom is -0.390 e. The van der Waals surface area contributed by atoms with Crippen LogP contribution in [0.1, 0.15) is 12.1 Å². The van der Waals surface area contributed by atoms with Gasteiger partial charge in [-0.05, 0) is 6.42 Å². The summed E-state index contributed by atoms with van der Waals surface area (Å²) in [5, 5.41) is 16.2. The molecule has 0 bridgehead atoms. The molecule has 76 valence electrons. The summed E-state index contributed by atoms with van der Waals surface area (Å²) in [4.78, 5) is 13.2. The highest BCUT2D eigenvalue weighted by Crippen LogP contribution is 2.06. The summed E-state index contributed by atoms with van der Waals surface area (Å²) < 4.78 is 1.45. The Morgan fingerprint density at radius 2 is 2.36 bits per heavy atom. The molecule has 1 amide bonds. The average molecular weight is 196 g/mol. The van der Waals surface area contributed by atoms with Crippen molar-refractivity contribution in [2.24, 2.45) is 0 Å². The molecule has 0 aromatic carbocycles. The Morgan fingerprint density at radius 1 is 1.57 bits per heavy atom. The van der Waals surface area contributed by atoms with Gasteiger partial charge in [0.2, 0.25) is 5.91 Å². The van der Waals surface area contributed by atoms with Gasteiger partial charge in [-0.15, -0.1) is 5.10 Å². The molecule has 1 fully saturated rings. The minimum atomic E-state index is -0.141. The lowest BCUT2D eigenvalue weighted by Crippen LogP contribution is -2.43. The van der Waals surface area contributed by atoms with Gasteiger partial charge in [0.15, 0.2) is 0 Å². The fraction of sp³-hybridized carbons (Fsp3) is 0.625. The van der Waals surface area contributed by atoms with E-state index in [4.69, 9.17) is 5.11 Å². The number of carbonyl (C=O) groups is 1. The molecule has 0 saturated carbocycles. The summed E-state index contributed by atoms with van der Waals surface area (Å²) in [6, 6.07) is 0. The first-order valence-corrected chi connectivity index (χ1v) is 4.57. The molecule has 2 rings (SSSR count). The van der Waals surface area contributed by atoms with Crippen molar-refractivity contribution >= 4 is 5.91 Å². The van der Waals surface area contributed by atoms with Crippen LogP contribution in [0.15, 0.2) is 6.20 Å². The smallest absolute Gasteiger partial charge is 0.244 e. The molecule has 0 aliphatic carbocycles. The lowest BCUT2D eigenvalue weighted by atomic mass is 10.2. The first-order valence-electron chi connectivity index (χ1n) is 4.57. The second-order valence-corrected chi connectivity index (χ2v) is 3.30. The van der Waals surface area contributed by atoms with Crippen LogP contribution in [0, 0.1) is 0 Å². The molecular weight excluding hydrogens is 184 g/mol. The summed E-state index contributed by atoms with van der Waals surface area (Å²) in [6.45, 7) is 1.77. The molecule has 14 heavy (non-hydrogen) atoms. The van der Waals surface area contributed by atoms with E-state index in [9.17, 15) is 4.79 Å². The summed E-state index contributed by atoms with van der Waals surface area (Å²) in [5.41, 5.74) is 0.487. The van der Waals surface area contributed by atoms with E-state index in [2.05, 4.69) is 10.3 Å². The molecule has 0 spiro atoms. The number of hydrogen-bond donors (Lipinski definition) is 1. The summed E-state index contributed by atoms with van der Waals surface area (Å²) in [5.74, 6) is 0.0608. The van der Waals surface area contributed by atoms with Crippen LogP contribution in [-0.2, 0) is 17.9 Å². The van der Waals surface area contributed by atoms with Crippen LogP contribution in [0.5, 0.6) is 0 Å². The molecule has 0 unspecified atom stereocenters. The van der Waals surface area contributed by atoms with E-state index in [1.54, 1.807) is 11.1 Å². The molecule has 0 radical (unpaired) electrons. The summed E-state index contributed by atoms with van der Waals surface area (Å²) in [6.07, 6.45) is 2.67. The van der Waals surface area contributed by atoms with Crippen molar-refractivity contribution in [3.05, 3.63) is 11.9 Å². The van der Waals surface area contributed by atoms with Crippen LogP contribution >= 0.6 is 0 Å². The van der Waals surface area contributed by atoms with E-state index in [0.717, 1.165) is 19.5 Å². The topological polar surface area (TPSA) is 71.2 Å². The fourth-order valence-corrected chi connectivity index (χ4v) is 1.29. The van der Waals surface area contributed by atoms with Crippen molar-refractivity contribution in [3.8, 4) is 0 Å². The van der Waals surface area contributed by atoms with Crippen LogP contribution in [0.4, 0.5) is 0 Å². The zero-order valence-electron chi connectivity index (χ0n) is 7.76. The predicted molar refractivity (Wildman–Crippen MR) is 47.1 cm³/mol. The number of likely N-dealkylation sites (tertiary alicyclic amines) is 1. The number of carbonyl (C=O) groups excluding carboxylic acids is 1. The van der Waals surface area contributed by atoms with Crippen molar-refractivity contribution in [3.63, 3.8) is 0 Å². The third kappa shape index (κ3) is 1.74. The molecular formula is C8H12N4O2. The van der Waals surface area contributed by atoms with Crippen molar-refractivity contribution in [1.29, 1.82) is 0 Å². The van der Waals surface area contributed by atoms with Gasteiger partial charge in [-0.25, -0.2) is 4.68 Å². The van der Waals surface area contributed by atoms with Crippen LogP contribution in [-0.4, -0.2) is 44.0 Å². The van der Waals surface area contributed by atoms with Gasteiger partial charge in [0.25, 0.3) is 0 Å². The quantitative estimate of drug-likeness (QED) is 0.673. The highest BCUT2D eigenvalue weighted by molar-refractivity contribution is 5.76. The molecule has 1 aromatic heterocycles. The predicted octanol–water partition coefficient (Wildman–Crippen LogP) is -0.997. The van der Waals surface area contributed by atoms with Crippen molar-refractivity contribution in [1.82, 2.24) is 19.9 Å². The van der Waals surface area contributed by atoms with Gasteiger partial charge in [0.1, 0.15) is 12.2 Å². The standard InChI is InChI=1S/C8H12N4O2/c13-6-7-4-12(10-9-7)5-8(14)11-2-1-3-11/h4,13H,1-3,5-6H2. The van der Waals surface area contributed by atoms with Crippen molar-refractivity contribution in [2.45, 2.75) is 19.6 Å². The Bertz CT molecular complexity index is 332. The van der Waals surface area contributed by atoms with Crippen LogP contribution in [0.3, 0.4) is 0 Å². The van der Waals surface area contributed by atoms with E-state index in [0.29, 0.717) is 5.69 Å². The lowest BCUT2D eigenvalue weighted by molar-refractivity contribution is -0.135. The van der Waals surface area contributed by atoms with Gasteiger partial charge in [-0.3, -0.25) is 4.79 Å². The Labute approximate surface area is 81.1 Å². The molecule has 1 aliphatic rings. The number of aliphatic hydroxyl groups is 1. The minimum absolute atomic E-state index is 0.0608. The normalized spacial score (nSPS) is 15.4. The van der Waals surface area contributed by atoms with E-state index in [1.807, 2.05) is 0 Å². The maximum absolute atomic E-state index is 11.5. The van der Waals surface area contributed by atoms with Gasteiger partial charge in [0.05, 0.1) is 12.8 Å². The van der Waals surface area contributed by atoms with Gasteiger partial charge in [0, 0.05) is 13.1 Å². The van der Waals surface area contributed by atoms with E-state index < -0.39 is 0 Å². The summed E-state index contributed by atoms with van der Waals surface area (Å²) >= 11 is 0. The molecule has 1 N–H and O–H groups in total. The Balaban J connectivity index is 1.92. The molecule has 1 aliphatic heterocycles. The number of rotatable bonds is 3.